The van der Waals surface area contributed by atoms with Crippen LogP contribution in [0.1, 0.15) is 27.7 Å². The molecule has 1 heterocycles. The Morgan fingerprint density at radius 2 is 2.00 bits per heavy atom. The van der Waals surface area contributed by atoms with Gasteiger partial charge in [-0.15, -0.1) is 0 Å². The molecular weight excluding hydrogens is 325 g/mol. The average Bonchev–Trinajstić information content (AvgIpc) is 2.76. The van der Waals surface area contributed by atoms with Gasteiger partial charge in [0.25, 0.3) is 5.91 Å². The molecule has 2 rings (SSSR count). The maximum Gasteiger partial charge on any atom is 0.312 e. The SMILES string of the molecule is Cc1c(Cl)c(C(=O)NCC(C(=O)O)c2ccc(F)cc2)nn1C. The fourth-order valence-electron chi connectivity index (χ4n) is 2.05. The molecule has 1 atom stereocenters. The molecule has 0 aliphatic heterocycles. The van der Waals surface area contributed by atoms with Crippen LogP contribution in [0.2, 0.25) is 5.02 Å². The molecular formula is C15H15ClFN3O3. The zero-order chi connectivity index (χ0) is 17.1. The van der Waals surface area contributed by atoms with Crippen molar-refractivity contribution in [1.82, 2.24) is 15.1 Å². The standard InChI is InChI=1S/C15H15ClFN3O3/c1-8-12(16)13(19-20(8)2)14(21)18-7-11(15(22)23)9-3-5-10(17)6-4-9/h3-6,11H,7H2,1-2H3,(H,18,21)(H,22,23). The Balaban J connectivity index is 2.12. The van der Waals surface area contributed by atoms with E-state index in [4.69, 9.17) is 11.6 Å². The first-order chi connectivity index (χ1) is 10.8. The zero-order valence-electron chi connectivity index (χ0n) is 12.5. The minimum atomic E-state index is -1.12. The molecule has 1 unspecified atom stereocenters. The van der Waals surface area contributed by atoms with Crippen LogP contribution in [-0.2, 0) is 11.8 Å². The maximum absolute atomic E-state index is 12.9. The summed E-state index contributed by atoms with van der Waals surface area (Å²) >= 11 is 6.02. The van der Waals surface area contributed by atoms with Gasteiger partial charge in [0, 0.05) is 13.6 Å². The molecule has 0 aliphatic carbocycles. The molecule has 0 fully saturated rings. The largest absolute Gasteiger partial charge is 0.481 e. The molecule has 0 bridgehead atoms. The normalized spacial score (nSPS) is 12.0. The smallest absolute Gasteiger partial charge is 0.312 e. The van der Waals surface area contributed by atoms with Crippen molar-refractivity contribution >= 4 is 23.5 Å². The highest BCUT2D eigenvalue weighted by Crippen LogP contribution is 2.20. The summed E-state index contributed by atoms with van der Waals surface area (Å²) in [6, 6.07) is 5.09. The Morgan fingerprint density at radius 1 is 1.39 bits per heavy atom. The number of amides is 1. The summed E-state index contributed by atoms with van der Waals surface area (Å²) in [5, 5.41) is 16.0. The maximum atomic E-state index is 12.9. The fourth-order valence-corrected chi connectivity index (χ4v) is 2.29. The topological polar surface area (TPSA) is 84.2 Å². The highest BCUT2D eigenvalue weighted by Gasteiger charge is 2.23. The molecule has 0 saturated carbocycles. The third-order valence-corrected chi connectivity index (χ3v) is 3.97. The number of carbonyl (C=O) groups excluding carboxylic acids is 1. The summed E-state index contributed by atoms with van der Waals surface area (Å²) in [6.45, 7) is 1.55. The number of nitrogens with one attached hydrogen (secondary N) is 1. The number of hydrogen-bond donors (Lipinski definition) is 2. The fraction of sp³-hybridized carbons (Fsp3) is 0.267. The zero-order valence-corrected chi connectivity index (χ0v) is 13.3. The molecule has 2 aromatic rings. The molecule has 1 aromatic heterocycles. The Bertz CT molecular complexity index is 743. The van der Waals surface area contributed by atoms with Gasteiger partial charge in [-0.1, -0.05) is 23.7 Å². The van der Waals surface area contributed by atoms with Gasteiger partial charge in [-0.25, -0.2) is 4.39 Å². The highest BCUT2D eigenvalue weighted by atomic mass is 35.5. The van der Waals surface area contributed by atoms with E-state index < -0.39 is 23.6 Å². The van der Waals surface area contributed by atoms with E-state index in [1.54, 1.807) is 14.0 Å². The number of aliphatic carboxylic acids is 1. The molecule has 8 heteroatoms. The van der Waals surface area contributed by atoms with Crippen molar-refractivity contribution in [3.8, 4) is 0 Å². The molecule has 23 heavy (non-hydrogen) atoms. The van der Waals surface area contributed by atoms with E-state index in [1.807, 2.05) is 0 Å². The van der Waals surface area contributed by atoms with E-state index in [0.717, 1.165) is 0 Å². The lowest BCUT2D eigenvalue weighted by Crippen LogP contribution is -2.32. The van der Waals surface area contributed by atoms with Crippen LogP contribution in [0.3, 0.4) is 0 Å². The summed E-state index contributed by atoms with van der Waals surface area (Å²) in [6.07, 6.45) is 0. The van der Waals surface area contributed by atoms with Gasteiger partial charge < -0.3 is 10.4 Å². The number of aromatic nitrogens is 2. The van der Waals surface area contributed by atoms with Crippen LogP contribution in [-0.4, -0.2) is 33.3 Å². The number of carboxylic acids is 1. The number of hydrogen-bond acceptors (Lipinski definition) is 3. The van der Waals surface area contributed by atoms with Gasteiger partial charge in [0.15, 0.2) is 5.69 Å². The van der Waals surface area contributed by atoms with Crippen molar-refractivity contribution in [2.24, 2.45) is 7.05 Å². The number of carbonyl (C=O) groups is 2. The van der Waals surface area contributed by atoms with Crippen molar-refractivity contribution in [3.05, 3.63) is 52.1 Å². The summed E-state index contributed by atoms with van der Waals surface area (Å²) in [5.41, 5.74) is 1.06. The molecule has 122 valence electrons. The lowest BCUT2D eigenvalue weighted by molar-refractivity contribution is -0.138. The van der Waals surface area contributed by atoms with E-state index in [0.29, 0.717) is 11.3 Å². The molecule has 0 saturated heterocycles. The van der Waals surface area contributed by atoms with Crippen LogP contribution in [0.15, 0.2) is 24.3 Å². The van der Waals surface area contributed by atoms with Crippen LogP contribution < -0.4 is 5.32 Å². The van der Waals surface area contributed by atoms with Gasteiger partial charge in [-0.2, -0.15) is 5.10 Å². The first-order valence-electron chi connectivity index (χ1n) is 6.76. The summed E-state index contributed by atoms with van der Waals surface area (Å²) in [5.74, 6) is -3.15. The predicted octanol–water partition coefficient (Wildman–Crippen LogP) is 2.12. The Morgan fingerprint density at radius 3 is 2.48 bits per heavy atom. The predicted molar refractivity (Wildman–Crippen MR) is 82.1 cm³/mol. The third kappa shape index (κ3) is 3.68. The lowest BCUT2D eigenvalue weighted by Gasteiger charge is -2.13. The van der Waals surface area contributed by atoms with E-state index in [2.05, 4.69) is 10.4 Å². The van der Waals surface area contributed by atoms with Crippen molar-refractivity contribution in [2.45, 2.75) is 12.8 Å². The van der Waals surface area contributed by atoms with Crippen molar-refractivity contribution in [2.75, 3.05) is 6.54 Å². The number of nitrogens with zero attached hydrogens (tertiary/aromatic N) is 2. The first kappa shape index (κ1) is 17.0. The van der Waals surface area contributed by atoms with Gasteiger partial charge in [-0.05, 0) is 24.6 Å². The van der Waals surface area contributed by atoms with E-state index in [9.17, 15) is 19.1 Å². The molecule has 6 nitrogen and oxygen atoms in total. The average molecular weight is 340 g/mol. The molecule has 0 aliphatic rings. The Hall–Kier alpha value is -2.41. The van der Waals surface area contributed by atoms with Crippen LogP contribution >= 0.6 is 11.6 Å². The minimum Gasteiger partial charge on any atom is -0.481 e. The van der Waals surface area contributed by atoms with Gasteiger partial charge in [0.05, 0.1) is 16.6 Å². The lowest BCUT2D eigenvalue weighted by atomic mass is 9.99. The van der Waals surface area contributed by atoms with Gasteiger partial charge in [0.2, 0.25) is 0 Å². The quantitative estimate of drug-likeness (QED) is 0.874. The number of aryl methyl sites for hydroxylation is 1. The molecule has 1 amide bonds. The molecule has 2 N–H and O–H groups in total. The van der Waals surface area contributed by atoms with E-state index >= 15 is 0 Å². The van der Waals surface area contributed by atoms with Crippen LogP contribution in [0.4, 0.5) is 4.39 Å². The summed E-state index contributed by atoms with van der Waals surface area (Å²) in [4.78, 5) is 23.5. The van der Waals surface area contributed by atoms with Crippen LogP contribution in [0, 0.1) is 12.7 Å². The number of benzene rings is 1. The van der Waals surface area contributed by atoms with Crippen molar-refractivity contribution in [3.63, 3.8) is 0 Å². The second-order valence-electron chi connectivity index (χ2n) is 5.02. The second-order valence-corrected chi connectivity index (χ2v) is 5.40. The van der Waals surface area contributed by atoms with Crippen LogP contribution in [0.5, 0.6) is 0 Å². The van der Waals surface area contributed by atoms with Crippen molar-refractivity contribution in [1.29, 1.82) is 0 Å². The second kappa shape index (κ2) is 6.78. The third-order valence-electron chi connectivity index (χ3n) is 3.51. The van der Waals surface area contributed by atoms with Gasteiger partial charge in [-0.3, -0.25) is 14.3 Å². The summed E-state index contributed by atoms with van der Waals surface area (Å²) in [7, 11) is 1.65. The number of rotatable bonds is 5. The Labute approximate surface area is 136 Å². The highest BCUT2D eigenvalue weighted by molar-refractivity contribution is 6.34. The van der Waals surface area contributed by atoms with E-state index in [-0.39, 0.29) is 17.3 Å². The summed E-state index contributed by atoms with van der Waals surface area (Å²) < 4.78 is 14.4. The molecule has 1 aromatic carbocycles. The van der Waals surface area contributed by atoms with Crippen LogP contribution in [0.25, 0.3) is 0 Å². The van der Waals surface area contributed by atoms with Crippen molar-refractivity contribution < 1.29 is 19.1 Å². The first-order valence-corrected chi connectivity index (χ1v) is 7.14. The Kier molecular flexibility index (Phi) is 5.00. The molecule has 0 spiro atoms. The molecule has 0 radical (unpaired) electrons. The van der Waals surface area contributed by atoms with E-state index in [1.165, 1.54) is 28.9 Å². The van der Waals surface area contributed by atoms with Gasteiger partial charge >= 0.3 is 5.97 Å². The monoisotopic (exact) mass is 339 g/mol. The number of carboxylic acid groups (broad SMARTS) is 1. The minimum absolute atomic E-state index is 0.0370. The van der Waals surface area contributed by atoms with Gasteiger partial charge in [0.1, 0.15) is 5.82 Å². The number of halogens is 2.